The van der Waals surface area contributed by atoms with E-state index in [4.69, 9.17) is 4.74 Å². The lowest BCUT2D eigenvalue weighted by atomic mass is 10.1. The molecule has 1 amide bonds. The summed E-state index contributed by atoms with van der Waals surface area (Å²) in [6.45, 7) is 8.14. The van der Waals surface area contributed by atoms with Crippen LogP contribution in [0.3, 0.4) is 0 Å². The van der Waals surface area contributed by atoms with Crippen molar-refractivity contribution in [2.45, 2.75) is 40.2 Å². The number of carbonyl (C=O) groups is 1. The first-order valence-electron chi connectivity index (χ1n) is 9.69. The van der Waals surface area contributed by atoms with Crippen LogP contribution < -0.4 is 14.4 Å². The molecule has 0 radical (unpaired) electrons. The summed E-state index contributed by atoms with van der Waals surface area (Å²) in [5.74, 6) is 0.403. The molecule has 0 spiro atoms. The summed E-state index contributed by atoms with van der Waals surface area (Å²) in [6.07, 6.45) is 1.96. The van der Waals surface area contributed by atoms with Crippen LogP contribution in [0.2, 0.25) is 0 Å². The Kier molecular flexibility index (Phi) is 7.67. The number of benzene rings is 2. The van der Waals surface area contributed by atoms with Crippen molar-refractivity contribution in [1.82, 2.24) is 5.32 Å². The second kappa shape index (κ2) is 9.78. The minimum absolute atomic E-state index is 0.281. The van der Waals surface area contributed by atoms with E-state index in [1.807, 2.05) is 51.1 Å². The van der Waals surface area contributed by atoms with E-state index in [1.54, 1.807) is 19.1 Å². The monoisotopic (exact) mass is 418 g/mol. The van der Waals surface area contributed by atoms with Gasteiger partial charge in [0.1, 0.15) is 18.4 Å². The molecular weight excluding hydrogens is 388 g/mol. The second-order valence-corrected chi connectivity index (χ2v) is 9.02. The number of amides is 1. The third-order valence-electron chi connectivity index (χ3n) is 4.69. The maximum absolute atomic E-state index is 12.6. The molecular formula is C22H30N2O4S. The fraction of sp³-hybridized carbons (Fsp3) is 0.409. The summed E-state index contributed by atoms with van der Waals surface area (Å²) in [5, 5.41) is 2.76. The van der Waals surface area contributed by atoms with Crippen LogP contribution >= 0.6 is 0 Å². The van der Waals surface area contributed by atoms with Crippen molar-refractivity contribution >= 4 is 21.6 Å². The minimum Gasteiger partial charge on any atom is -0.491 e. The van der Waals surface area contributed by atoms with Crippen LogP contribution in [0.25, 0.3) is 0 Å². The third-order valence-corrected chi connectivity index (χ3v) is 5.93. The SMILES string of the molecule is CCc1ccc(N([C@@H](C)C(=O)NCCOc2cc(C)ccc2C)S(C)(=O)=O)cc1. The fourth-order valence-electron chi connectivity index (χ4n) is 3.03. The van der Waals surface area contributed by atoms with E-state index in [9.17, 15) is 13.2 Å². The van der Waals surface area contributed by atoms with Crippen LogP contribution in [0.5, 0.6) is 5.75 Å². The number of nitrogens with zero attached hydrogens (tertiary/aromatic N) is 1. The van der Waals surface area contributed by atoms with E-state index in [0.717, 1.165) is 39.4 Å². The van der Waals surface area contributed by atoms with Gasteiger partial charge in [0.05, 0.1) is 18.5 Å². The predicted molar refractivity (Wildman–Crippen MR) is 117 cm³/mol. The summed E-state index contributed by atoms with van der Waals surface area (Å²) < 4.78 is 31.6. The Bertz CT molecular complexity index is 940. The fourth-order valence-corrected chi connectivity index (χ4v) is 4.21. The zero-order valence-corrected chi connectivity index (χ0v) is 18.5. The summed E-state index contributed by atoms with van der Waals surface area (Å²) in [4.78, 5) is 12.6. The Morgan fingerprint density at radius 1 is 1.14 bits per heavy atom. The van der Waals surface area contributed by atoms with E-state index < -0.39 is 16.1 Å². The molecule has 0 fully saturated rings. The average molecular weight is 419 g/mol. The molecule has 0 heterocycles. The molecule has 0 saturated carbocycles. The maximum atomic E-state index is 12.6. The number of aryl methyl sites for hydroxylation is 3. The van der Waals surface area contributed by atoms with Crippen LogP contribution in [0.4, 0.5) is 5.69 Å². The van der Waals surface area contributed by atoms with Gasteiger partial charge in [-0.15, -0.1) is 0 Å². The minimum atomic E-state index is -3.62. The Morgan fingerprint density at radius 3 is 2.38 bits per heavy atom. The molecule has 0 aliphatic rings. The Labute approximate surface area is 173 Å². The summed E-state index contributed by atoms with van der Waals surface area (Å²) in [5.41, 5.74) is 3.69. The Balaban J connectivity index is 2.00. The maximum Gasteiger partial charge on any atom is 0.243 e. The van der Waals surface area contributed by atoms with Crippen LogP contribution in [0, 0.1) is 13.8 Å². The quantitative estimate of drug-likeness (QED) is 0.635. The first-order chi connectivity index (χ1) is 13.6. The van der Waals surface area contributed by atoms with Crippen LogP contribution in [0.1, 0.15) is 30.5 Å². The van der Waals surface area contributed by atoms with E-state index in [2.05, 4.69) is 5.32 Å². The number of sulfonamides is 1. The van der Waals surface area contributed by atoms with Gasteiger partial charge in [-0.05, 0) is 62.1 Å². The smallest absolute Gasteiger partial charge is 0.243 e. The van der Waals surface area contributed by atoms with Crippen molar-refractivity contribution in [1.29, 1.82) is 0 Å². The van der Waals surface area contributed by atoms with Gasteiger partial charge < -0.3 is 10.1 Å². The molecule has 0 unspecified atom stereocenters. The largest absolute Gasteiger partial charge is 0.491 e. The highest BCUT2D eigenvalue weighted by Crippen LogP contribution is 2.22. The normalized spacial score (nSPS) is 12.3. The molecule has 1 N–H and O–H groups in total. The number of nitrogens with one attached hydrogen (secondary N) is 1. The van der Waals surface area contributed by atoms with Crippen LogP contribution in [-0.2, 0) is 21.2 Å². The summed E-state index contributed by atoms with van der Waals surface area (Å²) >= 11 is 0. The standard InChI is InChI=1S/C22H30N2O4S/c1-6-19-9-11-20(12-10-19)24(29(5,26)27)18(4)22(25)23-13-14-28-21-15-16(2)7-8-17(21)3/h7-12,15,18H,6,13-14H2,1-5H3,(H,23,25)/t18-/m0/s1. The van der Waals surface area contributed by atoms with E-state index in [1.165, 1.54) is 0 Å². The molecule has 0 bridgehead atoms. The zero-order valence-electron chi connectivity index (χ0n) is 17.7. The first-order valence-corrected chi connectivity index (χ1v) is 11.5. The predicted octanol–water partition coefficient (Wildman–Crippen LogP) is 3.22. The van der Waals surface area contributed by atoms with Gasteiger partial charge >= 0.3 is 0 Å². The van der Waals surface area contributed by atoms with Gasteiger partial charge in [-0.1, -0.05) is 31.2 Å². The third kappa shape index (κ3) is 6.22. The molecule has 29 heavy (non-hydrogen) atoms. The summed E-state index contributed by atoms with van der Waals surface area (Å²) in [6, 6.07) is 12.3. The van der Waals surface area contributed by atoms with Crippen molar-refractivity contribution in [2.75, 3.05) is 23.7 Å². The summed E-state index contributed by atoms with van der Waals surface area (Å²) in [7, 11) is -3.62. The molecule has 0 aliphatic heterocycles. The molecule has 0 aliphatic carbocycles. The van der Waals surface area contributed by atoms with Gasteiger partial charge in [-0.2, -0.15) is 0 Å². The molecule has 158 valence electrons. The highest BCUT2D eigenvalue weighted by atomic mass is 32.2. The highest BCUT2D eigenvalue weighted by Gasteiger charge is 2.28. The molecule has 2 aromatic carbocycles. The van der Waals surface area contributed by atoms with Gasteiger partial charge in [0, 0.05) is 0 Å². The van der Waals surface area contributed by atoms with Gasteiger partial charge in [-0.25, -0.2) is 8.42 Å². The van der Waals surface area contributed by atoms with E-state index >= 15 is 0 Å². The van der Waals surface area contributed by atoms with Crippen LogP contribution in [0.15, 0.2) is 42.5 Å². The van der Waals surface area contributed by atoms with E-state index in [0.29, 0.717) is 12.3 Å². The second-order valence-electron chi connectivity index (χ2n) is 7.16. The Morgan fingerprint density at radius 2 is 1.79 bits per heavy atom. The molecule has 7 heteroatoms. The Hall–Kier alpha value is -2.54. The van der Waals surface area contributed by atoms with Gasteiger partial charge in [0.2, 0.25) is 15.9 Å². The van der Waals surface area contributed by atoms with Crippen molar-refractivity contribution < 1.29 is 17.9 Å². The number of hydrogen-bond acceptors (Lipinski definition) is 4. The molecule has 1 atom stereocenters. The lowest BCUT2D eigenvalue weighted by Gasteiger charge is -2.28. The van der Waals surface area contributed by atoms with Crippen molar-refractivity contribution in [3.05, 3.63) is 59.2 Å². The first kappa shape index (κ1) is 22.7. The van der Waals surface area contributed by atoms with Crippen molar-refractivity contribution in [2.24, 2.45) is 0 Å². The van der Waals surface area contributed by atoms with Gasteiger partial charge in [0.15, 0.2) is 0 Å². The van der Waals surface area contributed by atoms with Crippen molar-refractivity contribution in [3.8, 4) is 5.75 Å². The topological polar surface area (TPSA) is 75.7 Å². The molecule has 2 rings (SSSR count). The molecule has 2 aromatic rings. The zero-order chi connectivity index (χ0) is 21.6. The molecule has 0 aromatic heterocycles. The number of anilines is 1. The van der Waals surface area contributed by atoms with E-state index in [-0.39, 0.29) is 12.5 Å². The van der Waals surface area contributed by atoms with Crippen LogP contribution in [-0.4, -0.2) is 39.8 Å². The van der Waals surface area contributed by atoms with Crippen molar-refractivity contribution in [3.63, 3.8) is 0 Å². The van der Waals surface area contributed by atoms with Gasteiger partial charge in [0.25, 0.3) is 0 Å². The number of carbonyl (C=O) groups excluding carboxylic acids is 1. The number of rotatable bonds is 9. The highest BCUT2D eigenvalue weighted by molar-refractivity contribution is 7.92. The average Bonchev–Trinajstić information content (AvgIpc) is 2.67. The molecule has 0 saturated heterocycles. The number of hydrogen-bond donors (Lipinski definition) is 1. The van der Waals surface area contributed by atoms with Gasteiger partial charge in [-0.3, -0.25) is 9.10 Å². The molecule has 6 nitrogen and oxygen atoms in total. The lowest BCUT2D eigenvalue weighted by molar-refractivity contribution is -0.121. The number of ether oxygens (including phenoxy) is 1. The lowest BCUT2D eigenvalue weighted by Crippen LogP contribution is -2.48.